The number of ether oxygens (including phenoxy) is 3. The molecule has 1 fully saturated rings. The fraction of sp³-hybridized carbons (Fsp3) is 0.286. The second-order valence-corrected chi connectivity index (χ2v) is 10.8. The highest BCUT2D eigenvalue weighted by molar-refractivity contribution is 5.97. The van der Waals surface area contributed by atoms with Crippen LogP contribution >= 0.6 is 0 Å². The molecule has 0 aliphatic carbocycles. The van der Waals surface area contributed by atoms with Crippen LogP contribution in [0.25, 0.3) is 0 Å². The fourth-order valence-electron chi connectivity index (χ4n) is 5.39. The molecular formula is C35H36N6O5. The fourth-order valence-corrected chi connectivity index (χ4v) is 5.39. The molecule has 1 aliphatic heterocycles. The lowest BCUT2D eigenvalue weighted by Gasteiger charge is -2.31. The third-order valence-electron chi connectivity index (χ3n) is 7.66. The Morgan fingerprint density at radius 1 is 0.957 bits per heavy atom. The summed E-state index contributed by atoms with van der Waals surface area (Å²) in [7, 11) is 1.26. The molecule has 0 saturated carbocycles. The average molecular weight is 621 g/mol. The predicted molar refractivity (Wildman–Crippen MR) is 171 cm³/mol. The Labute approximate surface area is 267 Å². The number of alkyl carbamates (subject to hydrolysis) is 1. The van der Waals surface area contributed by atoms with E-state index in [0.717, 1.165) is 11.1 Å². The van der Waals surface area contributed by atoms with Gasteiger partial charge in [0.1, 0.15) is 24.5 Å². The zero-order chi connectivity index (χ0) is 32.1. The SMILES string of the molecule is COC(=O)NC(C(=O)Nc1nccnc1CC[C@@H]1CNC[C@@H](COc2ccc(C#N)cc2)O1)C(c1ccccc1)c1ccccc1. The van der Waals surface area contributed by atoms with Crippen molar-refractivity contribution in [3.05, 3.63) is 120 Å². The summed E-state index contributed by atoms with van der Waals surface area (Å²) in [6.45, 7) is 1.68. The van der Waals surface area contributed by atoms with Gasteiger partial charge in [0.2, 0.25) is 5.91 Å². The molecule has 5 rings (SSSR count). The maximum absolute atomic E-state index is 14.0. The zero-order valence-electron chi connectivity index (χ0n) is 25.5. The number of nitrogens with zero attached hydrogens (tertiary/aromatic N) is 3. The van der Waals surface area contributed by atoms with Crippen LogP contribution in [0.15, 0.2) is 97.3 Å². The van der Waals surface area contributed by atoms with Gasteiger partial charge >= 0.3 is 6.09 Å². The Balaban J connectivity index is 1.26. The van der Waals surface area contributed by atoms with Crippen molar-refractivity contribution < 1.29 is 23.8 Å². The molecule has 1 aliphatic rings. The number of hydrogen-bond donors (Lipinski definition) is 3. The van der Waals surface area contributed by atoms with E-state index in [1.807, 2.05) is 60.7 Å². The van der Waals surface area contributed by atoms with Crippen LogP contribution in [0.4, 0.5) is 10.6 Å². The van der Waals surface area contributed by atoms with Crippen molar-refractivity contribution in [2.45, 2.75) is 37.0 Å². The largest absolute Gasteiger partial charge is 0.491 e. The van der Waals surface area contributed by atoms with Crippen molar-refractivity contribution >= 4 is 17.8 Å². The second kappa shape index (κ2) is 16.1. The van der Waals surface area contributed by atoms with Gasteiger partial charge in [0, 0.05) is 31.4 Å². The first kappa shape index (κ1) is 32.1. The number of nitrogens with one attached hydrogen (secondary N) is 3. The van der Waals surface area contributed by atoms with Crippen LogP contribution in [0.3, 0.4) is 0 Å². The second-order valence-electron chi connectivity index (χ2n) is 10.8. The maximum Gasteiger partial charge on any atom is 0.407 e. The van der Waals surface area contributed by atoms with E-state index < -0.39 is 24.0 Å². The number of anilines is 1. The molecule has 3 atom stereocenters. The Morgan fingerprint density at radius 2 is 1.61 bits per heavy atom. The van der Waals surface area contributed by atoms with E-state index in [2.05, 4.69) is 32.0 Å². The van der Waals surface area contributed by atoms with E-state index in [1.165, 1.54) is 13.3 Å². The van der Waals surface area contributed by atoms with Gasteiger partial charge in [-0.1, -0.05) is 60.7 Å². The number of morpholine rings is 1. The highest BCUT2D eigenvalue weighted by Gasteiger charge is 2.33. The van der Waals surface area contributed by atoms with Crippen molar-refractivity contribution in [2.75, 3.05) is 32.1 Å². The van der Waals surface area contributed by atoms with Gasteiger partial charge in [-0.3, -0.25) is 9.78 Å². The van der Waals surface area contributed by atoms with Gasteiger partial charge in [-0.2, -0.15) is 5.26 Å². The molecule has 1 aromatic heterocycles. The van der Waals surface area contributed by atoms with Gasteiger partial charge in [0.05, 0.1) is 30.5 Å². The van der Waals surface area contributed by atoms with Gasteiger partial charge in [-0.25, -0.2) is 9.78 Å². The summed E-state index contributed by atoms with van der Waals surface area (Å²) in [6, 6.07) is 27.1. The third kappa shape index (κ3) is 8.65. The van der Waals surface area contributed by atoms with Crippen LogP contribution in [-0.4, -0.2) is 67.0 Å². The van der Waals surface area contributed by atoms with Crippen molar-refractivity contribution in [3.8, 4) is 11.8 Å². The van der Waals surface area contributed by atoms with Gasteiger partial charge < -0.3 is 30.2 Å². The van der Waals surface area contributed by atoms with Gasteiger partial charge in [0.15, 0.2) is 5.82 Å². The van der Waals surface area contributed by atoms with Crippen molar-refractivity contribution in [1.82, 2.24) is 20.6 Å². The summed E-state index contributed by atoms with van der Waals surface area (Å²) < 4.78 is 17.1. The maximum atomic E-state index is 14.0. The quantitative estimate of drug-likeness (QED) is 0.212. The van der Waals surface area contributed by atoms with Crippen LogP contribution in [-0.2, 0) is 20.7 Å². The average Bonchev–Trinajstić information content (AvgIpc) is 3.11. The smallest absolute Gasteiger partial charge is 0.407 e. The standard InChI is InChI=1S/C35H36N6O5/c1-44-35(43)40-32(31(25-8-4-2-5-9-25)26-10-6-3-7-11-26)34(42)41-33-30(38-18-19-39-33)17-16-28-21-37-22-29(46-28)23-45-27-14-12-24(20-36)13-15-27/h2-15,18-19,28-29,31-32,37H,16-17,21-23H2,1H3,(H,40,43)(H,39,41,42)/t28-,29+,32?/m1/s1. The summed E-state index contributed by atoms with van der Waals surface area (Å²) >= 11 is 0. The highest BCUT2D eigenvalue weighted by atomic mass is 16.5. The molecule has 11 nitrogen and oxygen atoms in total. The number of aryl methyl sites for hydroxylation is 1. The number of aromatic nitrogens is 2. The Kier molecular flexibility index (Phi) is 11.3. The summed E-state index contributed by atoms with van der Waals surface area (Å²) in [5.74, 6) is 0.0205. The number of carbonyl (C=O) groups is 2. The van der Waals surface area contributed by atoms with E-state index in [0.29, 0.717) is 55.4 Å². The number of carbonyl (C=O) groups excluding carboxylic acids is 2. The summed E-state index contributed by atoms with van der Waals surface area (Å²) in [6.07, 6.45) is 3.23. The number of amides is 2. The van der Waals surface area contributed by atoms with Gasteiger partial charge in [-0.15, -0.1) is 0 Å². The Morgan fingerprint density at radius 3 is 2.26 bits per heavy atom. The normalized spacial score (nSPS) is 16.5. The monoisotopic (exact) mass is 620 g/mol. The third-order valence-corrected chi connectivity index (χ3v) is 7.66. The molecule has 2 heterocycles. The molecule has 2 amide bonds. The van der Waals surface area contributed by atoms with Crippen molar-refractivity contribution in [3.63, 3.8) is 0 Å². The topological polar surface area (TPSA) is 147 Å². The van der Waals surface area contributed by atoms with E-state index in [4.69, 9.17) is 19.5 Å². The molecule has 1 unspecified atom stereocenters. The van der Waals surface area contributed by atoms with Crippen LogP contribution in [0.1, 0.15) is 34.7 Å². The lowest BCUT2D eigenvalue weighted by molar-refractivity contribution is -0.118. The number of nitriles is 1. The number of methoxy groups -OCH3 is 1. The molecule has 3 N–H and O–H groups in total. The molecule has 4 aromatic rings. The van der Waals surface area contributed by atoms with Crippen LogP contribution in [0.2, 0.25) is 0 Å². The molecule has 0 bridgehead atoms. The molecule has 3 aromatic carbocycles. The lowest BCUT2D eigenvalue weighted by Crippen LogP contribution is -2.48. The Hall–Kier alpha value is -5.31. The molecule has 0 radical (unpaired) electrons. The lowest BCUT2D eigenvalue weighted by atomic mass is 9.84. The van der Waals surface area contributed by atoms with Crippen molar-refractivity contribution in [1.29, 1.82) is 5.26 Å². The molecule has 0 spiro atoms. The first-order valence-electron chi connectivity index (χ1n) is 15.1. The van der Waals surface area contributed by atoms with E-state index in [-0.39, 0.29) is 12.2 Å². The van der Waals surface area contributed by atoms with E-state index in [9.17, 15) is 9.59 Å². The van der Waals surface area contributed by atoms with Crippen LogP contribution < -0.4 is 20.7 Å². The van der Waals surface area contributed by atoms with E-state index >= 15 is 0 Å². The van der Waals surface area contributed by atoms with Gasteiger partial charge in [-0.05, 0) is 48.2 Å². The predicted octanol–water partition coefficient (Wildman–Crippen LogP) is 4.21. The molecule has 46 heavy (non-hydrogen) atoms. The van der Waals surface area contributed by atoms with Crippen LogP contribution in [0.5, 0.6) is 5.75 Å². The molecule has 11 heteroatoms. The zero-order valence-corrected chi connectivity index (χ0v) is 25.5. The molecule has 236 valence electrons. The number of benzene rings is 3. The minimum Gasteiger partial charge on any atom is -0.491 e. The summed E-state index contributed by atoms with van der Waals surface area (Å²) in [4.78, 5) is 35.4. The molecular weight excluding hydrogens is 584 g/mol. The first-order chi connectivity index (χ1) is 22.5. The van der Waals surface area contributed by atoms with Crippen LogP contribution in [0, 0.1) is 11.3 Å². The minimum absolute atomic E-state index is 0.108. The minimum atomic E-state index is -1.02. The van der Waals surface area contributed by atoms with Gasteiger partial charge in [0.25, 0.3) is 0 Å². The van der Waals surface area contributed by atoms with E-state index in [1.54, 1.807) is 30.5 Å². The molecule has 1 saturated heterocycles. The highest BCUT2D eigenvalue weighted by Crippen LogP contribution is 2.29. The Bertz CT molecular complexity index is 1570. The van der Waals surface area contributed by atoms with Crippen molar-refractivity contribution in [2.24, 2.45) is 0 Å². The first-order valence-corrected chi connectivity index (χ1v) is 15.1. The number of hydrogen-bond acceptors (Lipinski definition) is 9. The summed E-state index contributed by atoms with van der Waals surface area (Å²) in [5, 5.41) is 18.1. The number of rotatable bonds is 12. The summed E-state index contributed by atoms with van der Waals surface area (Å²) in [5.41, 5.74) is 2.88.